The van der Waals surface area contributed by atoms with Gasteiger partial charge in [-0.15, -0.1) is 0 Å². The molecule has 1 aliphatic rings. The molecule has 2 N–H and O–H groups in total. The van der Waals surface area contributed by atoms with Gasteiger partial charge in [-0.1, -0.05) is 85.8 Å². The minimum atomic E-state index is -4.17. The van der Waals surface area contributed by atoms with Crippen molar-refractivity contribution in [2.45, 2.75) is 92.8 Å². The van der Waals surface area contributed by atoms with Crippen molar-refractivity contribution in [2.75, 3.05) is 37.1 Å². The number of rotatable bonds is 14. The smallest absolute Gasteiger partial charge is 0.469 e. The SMILES string of the molecule is CC(C)(C)C(=O)SCCOP(=O)(OCCSC(=O)C(C)(C)C)OCC1=C[C@@H](O[Si](C)(C)C(C)(C)C)[C@H](n2ccc(N)nc2=O)O1. The summed E-state index contributed by atoms with van der Waals surface area (Å²) >= 11 is 2.14. The number of carbonyl (C=O) groups excluding carboxylic acids is 2. The molecule has 0 amide bonds. The summed E-state index contributed by atoms with van der Waals surface area (Å²) in [6.45, 7) is 20.9. The molecule has 45 heavy (non-hydrogen) atoms. The Morgan fingerprint density at radius 1 is 0.978 bits per heavy atom. The number of hydrogen-bond donors (Lipinski definition) is 1. The quantitative estimate of drug-likeness (QED) is 0.129. The van der Waals surface area contributed by atoms with Crippen LogP contribution in [0.5, 0.6) is 0 Å². The van der Waals surface area contributed by atoms with Crippen molar-refractivity contribution in [2.24, 2.45) is 10.8 Å². The fourth-order valence-electron chi connectivity index (χ4n) is 3.31. The minimum Gasteiger partial charge on any atom is -0.469 e. The highest BCUT2D eigenvalue weighted by atomic mass is 32.2. The maximum Gasteiger partial charge on any atom is 0.475 e. The Labute approximate surface area is 276 Å². The number of nitrogen functional groups attached to an aromatic ring is 1. The average Bonchev–Trinajstić information content (AvgIpc) is 3.27. The van der Waals surface area contributed by atoms with Gasteiger partial charge in [0.1, 0.15) is 24.3 Å². The summed E-state index contributed by atoms with van der Waals surface area (Å²) in [5.41, 5.74) is 4.01. The lowest BCUT2D eigenvalue weighted by molar-refractivity contribution is -0.118. The molecule has 0 bridgehead atoms. The molecule has 0 saturated heterocycles. The summed E-state index contributed by atoms with van der Waals surface area (Å²) in [5.74, 6) is 0.809. The fourth-order valence-corrected chi connectivity index (χ4v) is 7.48. The van der Waals surface area contributed by atoms with Gasteiger partial charge in [0.25, 0.3) is 0 Å². The maximum atomic E-state index is 13.7. The van der Waals surface area contributed by atoms with E-state index in [1.54, 1.807) is 6.08 Å². The van der Waals surface area contributed by atoms with E-state index >= 15 is 0 Å². The van der Waals surface area contributed by atoms with Crippen LogP contribution in [0.15, 0.2) is 28.9 Å². The first kappa shape index (κ1) is 39.7. The van der Waals surface area contributed by atoms with Crippen molar-refractivity contribution < 1.29 is 36.9 Å². The van der Waals surface area contributed by atoms with Crippen molar-refractivity contribution in [3.63, 3.8) is 0 Å². The van der Waals surface area contributed by atoms with Gasteiger partial charge in [-0.25, -0.2) is 9.36 Å². The van der Waals surface area contributed by atoms with E-state index in [1.807, 2.05) is 41.5 Å². The molecule has 0 unspecified atom stereocenters. The van der Waals surface area contributed by atoms with Crippen molar-refractivity contribution in [3.8, 4) is 0 Å². The maximum absolute atomic E-state index is 13.7. The third-order valence-electron chi connectivity index (χ3n) is 6.99. The second kappa shape index (κ2) is 15.6. The summed E-state index contributed by atoms with van der Waals surface area (Å²) in [6, 6.07) is 1.49. The van der Waals surface area contributed by atoms with Crippen molar-refractivity contribution in [3.05, 3.63) is 34.6 Å². The largest absolute Gasteiger partial charge is 0.475 e. The zero-order valence-electron chi connectivity index (χ0n) is 28.3. The van der Waals surface area contributed by atoms with Crippen LogP contribution in [0.25, 0.3) is 0 Å². The summed E-state index contributed by atoms with van der Waals surface area (Å²) in [6.07, 6.45) is 1.60. The van der Waals surface area contributed by atoms with Gasteiger partial charge in [0, 0.05) is 28.5 Å². The van der Waals surface area contributed by atoms with Crippen LogP contribution in [0, 0.1) is 10.8 Å². The summed E-state index contributed by atoms with van der Waals surface area (Å²) in [7, 11) is -6.51. The lowest BCUT2D eigenvalue weighted by atomic mass is 9.99. The van der Waals surface area contributed by atoms with Gasteiger partial charge in [0.2, 0.25) is 6.23 Å². The second-order valence-electron chi connectivity index (χ2n) is 14.2. The van der Waals surface area contributed by atoms with Crippen LogP contribution in [0.2, 0.25) is 18.1 Å². The average molecular weight is 708 g/mol. The molecule has 0 saturated carbocycles. The predicted octanol–water partition coefficient (Wildman–Crippen LogP) is 6.40. The summed E-state index contributed by atoms with van der Waals surface area (Å²) in [4.78, 5) is 41.1. The molecule has 12 nitrogen and oxygen atoms in total. The number of phosphoric acid groups is 1. The molecule has 256 valence electrons. The molecule has 2 atom stereocenters. The molecule has 0 radical (unpaired) electrons. The molecule has 1 aromatic rings. The van der Waals surface area contributed by atoms with Crippen LogP contribution in [0.4, 0.5) is 5.82 Å². The lowest BCUT2D eigenvalue weighted by Gasteiger charge is -2.39. The molecule has 0 aliphatic carbocycles. The molecule has 0 aromatic carbocycles. The van der Waals surface area contributed by atoms with Crippen LogP contribution < -0.4 is 11.4 Å². The van der Waals surface area contributed by atoms with E-state index in [4.69, 9.17) is 28.5 Å². The van der Waals surface area contributed by atoms with E-state index in [2.05, 4.69) is 38.8 Å². The predicted molar refractivity (Wildman–Crippen MR) is 182 cm³/mol. The Hall–Kier alpha value is -1.45. The fraction of sp³-hybridized carbons (Fsp3) is 0.724. The van der Waals surface area contributed by atoms with E-state index in [9.17, 15) is 18.9 Å². The highest BCUT2D eigenvalue weighted by Gasteiger charge is 2.44. The lowest BCUT2D eigenvalue weighted by Crippen LogP contribution is -2.46. The van der Waals surface area contributed by atoms with E-state index < -0.39 is 45.0 Å². The monoisotopic (exact) mass is 707 g/mol. The molecule has 0 fully saturated rings. The number of phosphoric ester groups is 1. The number of hydrogen-bond acceptors (Lipinski definition) is 13. The Kier molecular flexibility index (Phi) is 13.8. The second-order valence-corrected chi connectivity index (χ2v) is 22.7. The summed E-state index contributed by atoms with van der Waals surface area (Å²) < 4.78 is 44.6. The van der Waals surface area contributed by atoms with Crippen molar-refractivity contribution in [1.29, 1.82) is 0 Å². The minimum absolute atomic E-state index is 0.0319. The third-order valence-corrected chi connectivity index (χ3v) is 15.4. The first-order chi connectivity index (χ1) is 20.4. The summed E-state index contributed by atoms with van der Waals surface area (Å²) in [5, 5.41) is -0.198. The molecule has 2 heterocycles. The van der Waals surface area contributed by atoms with E-state index in [1.165, 1.54) is 16.8 Å². The van der Waals surface area contributed by atoms with Gasteiger partial charge >= 0.3 is 13.5 Å². The molecule has 1 aromatic heterocycles. The number of aromatic nitrogens is 2. The zero-order chi connectivity index (χ0) is 34.4. The Morgan fingerprint density at radius 2 is 1.49 bits per heavy atom. The van der Waals surface area contributed by atoms with Crippen LogP contribution in [0.3, 0.4) is 0 Å². The first-order valence-corrected chi connectivity index (χ1v) is 21.1. The van der Waals surface area contributed by atoms with Gasteiger partial charge in [-0.3, -0.25) is 27.7 Å². The van der Waals surface area contributed by atoms with Crippen LogP contribution in [-0.2, 0) is 36.9 Å². The first-order valence-electron chi connectivity index (χ1n) is 14.7. The molecule has 2 rings (SSSR count). The van der Waals surface area contributed by atoms with Crippen LogP contribution in [-0.4, -0.2) is 65.5 Å². The number of anilines is 1. The van der Waals surface area contributed by atoms with Gasteiger partial charge in [-0.05, 0) is 30.3 Å². The number of thioether (sulfide) groups is 2. The Bertz CT molecular complexity index is 1300. The molecular formula is C29H50N3O9PS2Si. The van der Waals surface area contributed by atoms with Gasteiger partial charge in [0.05, 0.1) is 13.2 Å². The number of ether oxygens (including phenoxy) is 1. The number of nitrogens with two attached hydrogens (primary N) is 1. The Balaban J connectivity index is 2.22. The van der Waals surface area contributed by atoms with Crippen LogP contribution in [0.1, 0.15) is 68.5 Å². The zero-order valence-corrected chi connectivity index (χ0v) is 31.9. The van der Waals surface area contributed by atoms with Gasteiger partial charge in [-0.2, -0.15) is 4.98 Å². The molecule has 1 aliphatic heterocycles. The third kappa shape index (κ3) is 12.3. The van der Waals surface area contributed by atoms with E-state index in [-0.39, 0.29) is 58.2 Å². The molecule has 0 spiro atoms. The molecule has 16 heteroatoms. The normalized spacial score (nSPS) is 18.1. The molecular weight excluding hydrogens is 658 g/mol. The van der Waals surface area contributed by atoms with Gasteiger partial charge < -0.3 is 14.9 Å². The topological polar surface area (TPSA) is 158 Å². The van der Waals surface area contributed by atoms with Gasteiger partial charge in [0.15, 0.2) is 18.5 Å². The van der Waals surface area contributed by atoms with E-state index in [0.717, 1.165) is 23.5 Å². The van der Waals surface area contributed by atoms with Crippen molar-refractivity contribution in [1.82, 2.24) is 9.55 Å². The highest BCUT2D eigenvalue weighted by molar-refractivity contribution is 8.14. The number of nitrogens with zero attached hydrogens (tertiary/aromatic N) is 2. The standard InChI is InChI=1S/C29H50N3O9PS2Si/c1-27(2,3)24(33)43-16-14-37-42(36,38-15-17-44-25(34)28(4,5)6)39-19-20-18-21(41-45(10,11)29(7,8)9)23(40-20)32-13-12-22(30)31-26(32)35/h12-13,18,21,23H,14-17,19H2,1-11H3,(H2,30,31,35)/t21-,23-/m1/s1. The Morgan fingerprint density at radius 3 is 1.93 bits per heavy atom. The van der Waals surface area contributed by atoms with E-state index in [0.29, 0.717) is 0 Å². The highest BCUT2D eigenvalue weighted by Crippen LogP contribution is 2.51. The number of carbonyl (C=O) groups is 2. The van der Waals surface area contributed by atoms with Crippen LogP contribution >= 0.6 is 31.3 Å². The van der Waals surface area contributed by atoms with Crippen molar-refractivity contribution >= 4 is 55.7 Å².